The number of carbonyl (C=O) groups is 4. The van der Waals surface area contributed by atoms with Crippen molar-refractivity contribution in [3.63, 3.8) is 0 Å². The van der Waals surface area contributed by atoms with Gasteiger partial charge in [0.15, 0.2) is 0 Å². The van der Waals surface area contributed by atoms with Crippen LogP contribution in [0.25, 0.3) is 0 Å². The molecule has 2 heterocycles. The zero-order valence-corrected chi connectivity index (χ0v) is 30.3. The van der Waals surface area contributed by atoms with Crippen LogP contribution in [-0.4, -0.2) is 48.3 Å². The number of hydrogen-bond acceptors (Lipinski definition) is 6. The van der Waals surface area contributed by atoms with Crippen LogP contribution in [0.2, 0.25) is 0 Å². The lowest BCUT2D eigenvalue weighted by Crippen LogP contribution is -2.54. The van der Waals surface area contributed by atoms with E-state index in [0.717, 1.165) is 0 Å². The lowest BCUT2D eigenvalue weighted by Gasteiger charge is -2.38. The van der Waals surface area contributed by atoms with Crippen LogP contribution in [-0.2, 0) is 36.4 Å². The highest BCUT2D eigenvalue weighted by Gasteiger charge is 2.72. The molecule has 0 unspecified atom stereocenters. The molecule has 8 nitrogen and oxygen atoms in total. The summed E-state index contributed by atoms with van der Waals surface area (Å²) in [7, 11) is 0. The average Bonchev–Trinajstić information content (AvgIpc) is 3.69. The quantitative estimate of drug-likeness (QED) is 0.116. The topological polar surface area (TPSA) is 93.2 Å². The second-order valence-corrected chi connectivity index (χ2v) is 13.2. The standard InChI is InChI=1S/C39H18F16N2O6/c40-34(41,38(50,51)52)25-17-21(56-29(58)13-14-30(56)59)5-11-27(25)62-23-7-1-19(2-8-23)33(36(44,45)46,37(47,48)49)20-3-9-24(10-4-20)63-28-12-6-22(57-31(60)15-16-32(57)61)18-26(28)35(42,43)39(53,54)55/h1-18H. The van der Waals surface area contributed by atoms with Gasteiger partial charge in [0.2, 0.25) is 5.41 Å². The van der Waals surface area contributed by atoms with Gasteiger partial charge in [-0.3, -0.25) is 19.2 Å². The van der Waals surface area contributed by atoms with Gasteiger partial charge in [0.05, 0.1) is 22.5 Å². The first-order valence-corrected chi connectivity index (χ1v) is 16.9. The molecule has 0 spiro atoms. The molecule has 4 aromatic carbocycles. The number of imide groups is 2. The molecule has 24 heteroatoms. The minimum Gasteiger partial charge on any atom is -0.457 e. The van der Waals surface area contributed by atoms with Crippen LogP contribution in [0.4, 0.5) is 81.6 Å². The number of rotatable bonds is 10. The summed E-state index contributed by atoms with van der Waals surface area (Å²) in [5, 5.41) is 0. The predicted octanol–water partition coefficient (Wildman–Crippen LogP) is 10.8. The summed E-state index contributed by atoms with van der Waals surface area (Å²) >= 11 is 0. The normalized spacial score (nSPS) is 15.6. The summed E-state index contributed by atoms with van der Waals surface area (Å²) in [5.74, 6) is -20.7. The number of benzene rings is 4. The number of anilines is 2. The number of halogens is 16. The molecule has 0 saturated heterocycles. The van der Waals surface area contributed by atoms with Crippen molar-refractivity contribution in [2.45, 2.75) is 42.0 Å². The fraction of sp³-hybridized carbons (Fsp3) is 0.179. The second kappa shape index (κ2) is 15.2. The SMILES string of the molecule is O=C1C=CC(=O)N1c1ccc(Oc2ccc(C(c3ccc(Oc4ccc(N5C(=O)C=CC5=O)cc4C(F)(F)C(F)(F)F)cc3)(C(F)(F)F)C(F)(F)F)cc2)c(C(F)(F)C(F)(F)F)c1. The smallest absolute Gasteiger partial charge is 0.457 e. The minimum absolute atomic E-state index is 0.0556. The van der Waals surface area contributed by atoms with Gasteiger partial charge in [-0.2, -0.15) is 70.2 Å². The highest BCUT2D eigenvalue weighted by molar-refractivity contribution is 6.28. The van der Waals surface area contributed by atoms with E-state index in [-0.39, 0.29) is 46.2 Å². The van der Waals surface area contributed by atoms with Gasteiger partial charge in [0.1, 0.15) is 23.0 Å². The van der Waals surface area contributed by atoms with Gasteiger partial charge in [0, 0.05) is 24.3 Å². The summed E-state index contributed by atoms with van der Waals surface area (Å²) in [4.78, 5) is 48.6. The highest BCUT2D eigenvalue weighted by atomic mass is 19.4. The average molecular weight is 915 g/mol. The molecule has 2 aliphatic heterocycles. The maximum atomic E-state index is 14.9. The third-order valence-corrected chi connectivity index (χ3v) is 9.33. The molecule has 0 aliphatic carbocycles. The summed E-state index contributed by atoms with van der Waals surface area (Å²) < 4.78 is 240. The van der Waals surface area contributed by atoms with Crippen molar-refractivity contribution in [3.8, 4) is 23.0 Å². The summed E-state index contributed by atoms with van der Waals surface area (Å²) in [6.45, 7) is 0. The van der Waals surface area contributed by atoms with Crippen molar-refractivity contribution in [1.29, 1.82) is 0 Å². The van der Waals surface area contributed by atoms with E-state index in [9.17, 15) is 89.4 Å². The fourth-order valence-corrected chi connectivity index (χ4v) is 6.38. The molecule has 2 aliphatic rings. The maximum absolute atomic E-state index is 14.9. The summed E-state index contributed by atoms with van der Waals surface area (Å²) in [6.07, 6.45) is -22.7. The Hall–Kier alpha value is -6.88. The van der Waals surface area contributed by atoms with E-state index in [1.807, 2.05) is 0 Å². The summed E-state index contributed by atoms with van der Waals surface area (Å²) in [6, 6.07) is 4.18. The molecule has 0 aromatic heterocycles. The molecule has 4 aromatic rings. The van der Waals surface area contributed by atoms with Crippen molar-refractivity contribution in [2.24, 2.45) is 0 Å². The number of carbonyl (C=O) groups excluding carboxylic acids is 4. The molecule has 4 amide bonds. The molecule has 6 rings (SSSR count). The number of ether oxygens (including phenoxy) is 2. The second-order valence-electron chi connectivity index (χ2n) is 13.2. The van der Waals surface area contributed by atoms with E-state index in [2.05, 4.69) is 0 Å². The monoisotopic (exact) mass is 914 g/mol. The number of amides is 4. The zero-order chi connectivity index (χ0) is 46.9. The fourth-order valence-electron chi connectivity index (χ4n) is 6.38. The number of nitrogens with zero attached hydrogens (tertiary/aromatic N) is 2. The maximum Gasteiger partial charge on any atom is 0.458 e. The first-order chi connectivity index (χ1) is 28.9. The predicted molar refractivity (Wildman–Crippen MR) is 182 cm³/mol. The molecule has 0 radical (unpaired) electrons. The molecular weight excluding hydrogens is 896 g/mol. The molecule has 0 saturated carbocycles. The van der Waals surface area contributed by atoms with Crippen LogP contribution < -0.4 is 19.3 Å². The Morgan fingerprint density at radius 2 is 0.651 bits per heavy atom. The molecule has 0 N–H and O–H groups in total. The van der Waals surface area contributed by atoms with Gasteiger partial charge in [-0.1, -0.05) is 24.3 Å². The van der Waals surface area contributed by atoms with Crippen molar-refractivity contribution in [1.82, 2.24) is 0 Å². The molecule has 0 fully saturated rings. The molecule has 332 valence electrons. The Kier molecular flexibility index (Phi) is 11.0. The van der Waals surface area contributed by atoms with Crippen LogP contribution in [0.1, 0.15) is 22.3 Å². The van der Waals surface area contributed by atoms with Crippen LogP contribution >= 0.6 is 0 Å². The van der Waals surface area contributed by atoms with Crippen molar-refractivity contribution >= 4 is 35.0 Å². The van der Waals surface area contributed by atoms with Crippen LogP contribution in [0.3, 0.4) is 0 Å². The Labute approximate surface area is 340 Å². The Morgan fingerprint density at radius 3 is 0.905 bits per heavy atom. The molecule has 0 atom stereocenters. The van der Waals surface area contributed by atoms with Crippen LogP contribution in [0, 0.1) is 0 Å². The van der Waals surface area contributed by atoms with Crippen molar-refractivity contribution < 1.29 is 98.9 Å². The van der Waals surface area contributed by atoms with E-state index in [0.29, 0.717) is 72.8 Å². The highest BCUT2D eigenvalue weighted by Crippen LogP contribution is 2.57. The third kappa shape index (κ3) is 7.81. The first-order valence-electron chi connectivity index (χ1n) is 16.9. The van der Waals surface area contributed by atoms with Crippen molar-refractivity contribution in [3.05, 3.63) is 131 Å². The minimum atomic E-state index is -6.35. The molecular formula is C39H18F16N2O6. The third-order valence-electron chi connectivity index (χ3n) is 9.33. The molecule has 63 heavy (non-hydrogen) atoms. The molecule has 0 bridgehead atoms. The van der Waals surface area contributed by atoms with Crippen molar-refractivity contribution in [2.75, 3.05) is 9.80 Å². The van der Waals surface area contributed by atoms with Gasteiger partial charge < -0.3 is 9.47 Å². The number of hydrogen-bond donors (Lipinski definition) is 0. The Balaban J connectivity index is 1.37. The van der Waals surface area contributed by atoms with Gasteiger partial charge >= 0.3 is 36.6 Å². The van der Waals surface area contributed by atoms with Gasteiger partial charge in [-0.15, -0.1) is 0 Å². The lowest BCUT2D eigenvalue weighted by molar-refractivity contribution is -0.289. The van der Waals surface area contributed by atoms with Crippen LogP contribution in [0.15, 0.2) is 109 Å². The zero-order valence-electron chi connectivity index (χ0n) is 30.3. The first kappa shape index (κ1) is 45.6. The van der Waals surface area contributed by atoms with Gasteiger partial charge in [-0.05, 0) is 71.8 Å². The summed E-state index contributed by atoms with van der Waals surface area (Å²) in [5.41, 5.74) is -14.0. The van der Waals surface area contributed by atoms with Gasteiger partial charge in [0.25, 0.3) is 23.6 Å². The van der Waals surface area contributed by atoms with E-state index in [1.54, 1.807) is 0 Å². The number of alkyl halides is 16. The van der Waals surface area contributed by atoms with E-state index >= 15 is 0 Å². The van der Waals surface area contributed by atoms with E-state index in [4.69, 9.17) is 9.47 Å². The Morgan fingerprint density at radius 1 is 0.365 bits per heavy atom. The Bertz CT molecular complexity index is 2340. The van der Waals surface area contributed by atoms with E-state index < -0.39 is 122 Å². The van der Waals surface area contributed by atoms with Gasteiger partial charge in [-0.25, -0.2) is 9.80 Å². The van der Waals surface area contributed by atoms with Crippen LogP contribution in [0.5, 0.6) is 23.0 Å². The lowest BCUT2D eigenvalue weighted by atomic mass is 9.73. The largest absolute Gasteiger partial charge is 0.458 e. The van der Waals surface area contributed by atoms with E-state index in [1.165, 1.54) is 0 Å².